The average molecular weight is 265 g/mol. The Bertz CT molecular complexity index is 608. The average Bonchev–Trinajstić information content (AvgIpc) is 3.32. The van der Waals surface area contributed by atoms with Crippen molar-refractivity contribution in [3.05, 3.63) is 53.6 Å². The molecule has 1 aromatic carbocycles. The van der Waals surface area contributed by atoms with E-state index in [0.29, 0.717) is 0 Å². The highest BCUT2D eigenvalue weighted by molar-refractivity contribution is 6.03. The topological polar surface area (TPSA) is 32.6 Å². The minimum absolute atomic E-state index is 0.199. The van der Waals surface area contributed by atoms with Crippen molar-refractivity contribution in [2.75, 3.05) is 0 Å². The van der Waals surface area contributed by atoms with Crippen LogP contribution in [0.25, 0.3) is 5.70 Å². The van der Waals surface area contributed by atoms with Gasteiger partial charge in [0.15, 0.2) is 0 Å². The Balaban J connectivity index is 1.71. The Kier molecular flexibility index (Phi) is 2.85. The molecule has 0 spiro atoms. The molecule has 102 valence electrons. The third-order valence-corrected chi connectivity index (χ3v) is 4.62. The molecule has 2 atom stereocenters. The molecule has 1 saturated carbocycles. The molecule has 1 heterocycles. The molecule has 4 rings (SSSR count). The number of rotatable bonds is 2. The van der Waals surface area contributed by atoms with Crippen molar-refractivity contribution in [3.63, 3.8) is 0 Å². The highest BCUT2D eigenvalue weighted by Gasteiger charge is 2.34. The van der Waals surface area contributed by atoms with E-state index in [1.807, 2.05) is 24.3 Å². The lowest BCUT2D eigenvalue weighted by Gasteiger charge is -2.30. The quantitative estimate of drug-likeness (QED) is 0.871. The van der Waals surface area contributed by atoms with Crippen molar-refractivity contribution in [2.24, 2.45) is 16.8 Å². The summed E-state index contributed by atoms with van der Waals surface area (Å²) in [6.45, 7) is 0. The zero-order valence-corrected chi connectivity index (χ0v) is 11.5. The van der Waals surface area contributed by atoms with E-state index in [-0.39, 0.29) is 5.92 Å². The SMILES string of the molecule is OC1C=C(c2ccccc2)N=C2C=C(C3CC3)CCC21. The monoisotopic (exact) mass is 265 g/mol. The number of aliphatic hydroxyl groups is 1. The Morgan fingerprint density at radius 2 is 1.85 bits per heavy atom. The van der Waals surface area contributed by atoms with Gasteiger partial charge in [-0.25, -0.2) is 0 Å². The van der Waals surface area contributed by atoms with Gasteiger partial charge in [0.25, 0.3) is 0 Å². The standard InChI is InChI=1S/C18H19NO/c20-18-11-16(13-4-2-1-3-5-13)19-17-10-14(12-6-7-12)8-9-15(17)18/h1-5,10-12,15,18,20H,6-9H2. The summed E-state index contributed by atoms with van der Waals surface area (Å²) in [5.41, 5.74) is 4.65. The lowest BCUT2D eigenvalue weighted by Crippen LogP contribution is -2.31. The molecule has 0 saturated heterocycles. The Morgan fingerprint density at radius 3 is 2.60 bits per heavy atom. The Labute approximate surface area is 119 Å². The van der Waals surface area contributed by atoms with Crippen LogP contribution in [0.4, 0.5) is 0 Å². The molecule has 2 heteroatoms. The zero-order chi connectivity index (χ0) is 13.5. The molecule has 1 aliphatic heterocycles. The Morgan fingerprint density at radius 1 is 1.05 bits per heavy atom. The van der Waals surface area contributed by atoms with Crippen LogP contribution in [-0.4, -0.2) is 16.9 Å². The number of aliphatic imine (C=N–C) groups is 1. The normalized spacial score (nSPS) is 29.1. The summed E-state index contributed by atoms with van der Waals surface area (Å²) in [5, 5.41) is 10.4. The predicted molar refractivity (Wildman–Crippen MR) is 81.4 cm³/mol. The van der Waals surface area contributed by atoms with Gasteiger partial charge in [0, 0.05) is 11.6 Å². The molecule has 1 fully saturated rings. The molecule has 0 amide bonds. The van der Waals surface area contributed by atoms with E-state index in [0.717, 1.165) is 35.7 Å². The fourth-order valence-electron chi connectivity index (χ4n) is 3.30. The van der Waals surface area contributed by atoms with Crippen LogP contribution in [0.3, 0.4) is 0 Å². The van der Waals surface area contributed by atoms with Crippen LogP contribution in [0.5, 0.6) is 0 Å². The van der Waals surface area contributed by atoms with Gasteiger partial charge in [-0.1, -0.05) is 35.9 Å². The van der Waals surface area contributed by atoms with Gasteiger partial charge in [-0.15, -0.1) is 0 Å². The molecule has 1 N–H and O–H groups in total. The first-order chi connectivity index (χ1) is 9.81. The molecular weight excluding hydrogens is 246 g/mol. The Hall–Kier alpha value is -1.67. The van der Waals surface area contributed by atoms with Gasteiger partial charge in [-0.2, -0.15) is 0 Å². The van der Waals surface area contributed by atoms with E-state index < -0.39 is 6.10 Å². The van der Waals surface area contributed by atoms with Gasteiger partial charge in [-0.3, -0.25) is 4.99 Å². The molecule has 0 bridgehead atoms. The largest absolute Gasteiger partial charge is 0.388 e. The molecular formula is C18H19NO. The first-order valence-corrected chi connectivity index (χ1v) is 7.55. The van der Waals surface area contributed by atoms with Gasteiger partial charge >= 0.3 is 0 Å². The number of nitrogens with zero attached hydrogens (tertiary/aromatic N) is 1. The fourth-order valence-corrected chi connectivity index (χ4v) is 3.30. The van der Waals surface area contributed by atoms with Crippen molar-refractivity contribution in [1.82, 2.24) is 0 Å². The predicted octanol–water partition coefficient (Wildman–Crippen LogP) is 3.59. The summed E-state index contributed by atoms with van der Waals surface area (Å²) < 4.78 is 0. The molecule has 0 radical (unpaired) electrons. The molecule has 20 heavy (non-hydrogen) atoms. The molecule has 2 unspecified atom stereocenters. The molecule has 1 aromatic rings. The van der Waals surface area contributed by atoms with Crippen LogP contribution >= 0.6 is 0 Å². The summed E-state index contributed by atoms with van der Waals surface area (Å²) in [4.78, 5) is 4.83. The maximum absolute atomic E-state index is 10.4. The maximum atomic E-state index is 10.4. The molecule has 2 nitrogen and oxygen atoms in total. The number of fused-ring (bicyclic) bond motifs is 1. The first-order valence-electron chi connectivity index (χ1n) is 7.55. The number of hydrogen-bond donors (Lipinski definition) is 1. The van der Waals surface area contributed by atoms with E-state index in [4.69, 9.17) is 4.99 Å². The lowest BCUT2D eigenvalue weighted by molar-refractivity contribution is 0.178. The van der Waals surface area contributed by atoms with E-state index in [1.54, 1.807) is 5.57 Å². The number of aliphatic hydroxyl groups excluding tert-OH is 1. The van der Waals surface area contributed by atoms with Crippen molar-refractivity contribution in [3.8, 4) is 0 Å². The van der Waals surface area contributed by atoms with Crippen LogP contribution in [0.2, 0.25) is 0 Å². The van der Waals surface area contributed by atoms with Crippen LogP contribution < -0.4 is 0 Å². The lowest BCUT2D eigenvalue weighted by atomic mass is 9.81. The maximum Gasteiger partial charge on any atom is 0.0828 e. The zero-order valence-electron chi connectivity index (χ0n) is 11.5. The molecule has 3 aliphatic rings. The van der Waals surface area contributed by atoms with Gasteiger partial charge in [0.1, 0.15) is 0 Å². The van der Waals surface area contributed by atoms with Crippen LogP contribution in [0, 0.1) is 11.8 Å². The van der Waals surface area contributed by atoms with Crippen LogP contribution in [0.15, 0.2) is 53.0 Å². The van der Waals surface area contributed by atoms with Gasteiger partial charge in [-0.05, 0) is 49.3 Å². The van der Waals surface area contributed by atoms with E-state index in [2.05, 4.69) is 18.2 Å². The third-order valence-electron chi connectivity index (χ3n) is 4.62. The molecule has 0 aromatic heterocycles. The second-order valence-electron chi connectivity index (χ2n) is 6.08. The second-order valence-corrected chi connectivity index (χ2v) is 6.08. The number of benzene rings is 1. The minimum atomic E-state index is -0.394. The van der Waals surface area contributed by atoms with Gasteiger partial charge in [0.2, 0.25) is 0 Å². The fraction of sp³-hybridized carbons (Fsp3) is 0.389. The molecule has 2 aliphatic carbocycles. The minimum Gasteiger partial charge on any atom is -0.388 e. The smallest absolute Gasteiger partial charge is 0.0828 e. The van der Waals surface area contributed by atoms with Crippen molar-refractivity contribution in [2.45, 2.75) is 31.8 Å². The summed E-state index contributed by atoms with van der Waals surface area (Å²) in [6, 6.07) is 10.1. The van der Waals surface area contributed by atoms with Gasteiger partial charge in [0.05, 0.1) is 11.8 Å². The summed E-state index contributed by atoms with van der Waals surface area (Å²) in [5.74, 6) is 1.01. The van der Waals surface area contributed by atoms with Crippen molar-refractivity contribution in [1.29, 1.82) is 0 Å². The van der Waals surface area contributed by atoms with Crippen LogP contribution in [-0.2, 0) is 0 Å². The number of hydrogen-bond acceptors (Lipinski definition) is 2. The van der Waals surface area contributed by atoms with E-state index in [1.165, 1.54) is 12.8 Å². The summed E-state index contributed by atoms with van der Waals surface area (Å²) in [7, 11) is 0. The van der Waals surface area contributed by atoms with E-state index >= 15 is 0 Å². The highest BCUT2D eigenvalue weighted by Crippen LogP contribution is 2.43. The van der Waals surface area contributed by atoms with Crippen molar-refractivity contribution >= 4 is 11.4 Å². The number of allylic oxidation sites excluding steroid dienone is 2. The van der Waals surface area contributed by atoms with Gasteiger partial charge < -0.3 is 5.11 Å². The van der Waals surface area contributed by atoms with E-state index in [9.17, 15) is 5.11 Å². The summed E-state index contributed by atoms with van der Waals surface area (Å²) >= 11 is 0. The summed E-state index contributed by atoms with van der Waals surface area (Å²) in [6.07, 6.45) is 8.65. The highest BCUT2D eigenvalue weighted by atomic mass is 16.3. The first kappa shape index (κ1) is 12.1. The third kappa shape index (κ3) is 2.14. The second kappa shape index (κ2) is 4.71. The van der Waals surface area contributed by atoms with Crippen molar-refractivity contribution < 1.29 is 5.11 Å². The van der Waals surface area contributed by atoms with Crippen LogP contribution in [0.1, 0.15) is 31.2 Å².